The highest BCUT2D eigenvalue weighted by Crippen LogP contribution is 2.38. The van der Waals surface area contributed by atoms with Crippen molar-refractivity contribution in [2.45, 2.75) is 51.2 Å². The van der Waals surface area contributed by atoms with Crippen LogP contribution in [0.5, 0.6) is 0 Å². The first-order valence-corrected chi connectivity index (χ1v) is 9.45. The molecule has 0 spiro atoms. The van der Waals surface area contributed by atoms with E-state index in [-0.39, 0.29) is 11.9 Å². The zero-order valence-electron chi connectivity index (χ0n) is 15.0. The quantitative estimate of drug-likeness (QED) is 0.807. The van der Waals surface area contributed by atoms with Crippen LogP contribution in [0.4, 0.5) is 0 Å². The fourth-order valence-corrected chi connectivity index (χ4v) is 4.49. The SMILES string of the molecule is CCC[C@H](NC)C(=O)N[C@@H]1CC[C@H]2CN(Cc3ccccc3)C[C@H]21. The number of hydrogen-bond acceptors (Lipinski definition) is 3. The largest absolute Gasteiger partial charge is 0.352 e. The minimum absolute atomic E-state index is 0.0455. The Labute approximate surface area is 146 Å². The predicted octanol–water partition coefficient (Wildman–Crippen LogP) is 2.40. The van der Waals surface area contributed by atoms with Gasteiger partial charge in [0.1, 0.15) is 0 Å². The van der Waals surface area contributed by atoms with E-state index < -0.39 is 0 Å². The summed E-state index contributed by atoms with van der Waals surface area (Å²) in [4.78, 5) is 15.1. The molecule has 0 aromatic heterocycles. The molecule has 0 bridgehead atoms. The van der Waals surface area contributed by atoms with Gasteiger partial charge < -0.3 is 10.6 Å². The van der Waals surface area contributed by atoms with Crippen LogP contribution in [0.1, 0.15) is 38.2 Å². The molecule has 1 aromatic carbocycles. The van der Waals surface area contributed by atoms with Crippen LogP contribution in [-0.4, -0.2) is 43.0 Å². The number of rotatable bonds is 7. The molecule has 1 aromatic rings. The smallest absolute Gasteiger partial charge is 0.237 e. The van der Waals surface area contributed by atoms with Crippen molar-refractivity contribution in [3.63, 3.8) is 0 Å². The molecule has 1 saturated heterocycles. The molecule has 132 valence electrons. The lowest BCUT2D eigenvalue weighted by molar-refractivity contribution is -0.124. The molecule has 2 aliphatic rings. The number of hydrogen-bond donors (Lipinski definition) is 2. The van der Waals surface area contributed by atoms with Gasteiger partial charge >= 0.3 is 0 Å². The number of carbonyl (C=O) groups is 1. The van der Waals surface area contributed by atoms with Crippen LogP contribution in [0.2, 0.25) is 0 Å². The molecule has 1 saturated carbocycles. The van der Waals surface area contributed by atoms with Gasteiger partial charge in [-0.1, -0.05) is 43.7 Å². The Morgan fingerprint density at radius 3 is 2.75 bits per heavy atom. The predicted molar refractivity (Wildman–Crippen MR) is 97.6 cm³/mol. The first-order valence-electron chi connectivity index (χ1n) is 9.45. The summed E-state index contributed by atoms with van der Waals surface area (Å²) in [5, 5.41) is 6.50. The summed E-state index contributed by atoms with van der Waals surface area (Å²) in [6.45, 7) is 5.45. The zero-order chi connectivity index (χ0) is 16.9. The maximum Gasteiger partial charge on any atom is 0.237 e. The van der Waals surface area contributed by atoms with E-state index in [1.165, 1.54) is 18.5 Å². The van der Waals surface area contributed by atoms with Gasteiger partial charge in [0, 0.05) is 25.7 Å². The molecule has 2 fully saturated rings. The Hall–Kier alpha value is -1.39. The van der Waals surface area contributed by atoms with Gasteiger partial charge in [0.05, 0.1) is 6.04 Å². The van der Waals surface area contributed by atoms with Crippen molar-refractivity contribution < 1.29 is 4.79 Å². The van der Waals surface area contributed by atoms with Crippen LogP contribution in [0.3, 0.4) is 0 Å². The lowest BCUT2D eigenvalue weighted by atomic mass is 9.97. The highest BCUT2D eigenvalue weighted by Gasteiger charge is 2.43. The second-order valence-electron chi connectivity index (χ2n) is 7.43. The molecular weight excluding hydrogens is 298 g/mol. The summed E-state index contributed by atoms with van der Waals surface area (Å²) in [5.41, 5.74) is 1.39. The first-order chi connectivity index (χ1) is 11.7. The molecule has 4 heteroatoms. The molecule has 4 atom stereocenters. The summed E-state index contributed by atoms with van der Waals surface area (Å²) in [6.07, 6.45) is 4.32. The lowest BCUT2D eigenvalue weighted by Crippen LogP contribution is -2.48. The third kappa shape index (κ3) is 3.98. The molecule has 2 N–H and O–H groups in total. The van der Waals surface area contributed by atoms with Gasteiger partial charge in [0.15, 0.2) is 0 Å². The average molecular weight is 329 g/mol. The fourth-order valence-electron chi connectivity index (χ4n) is 4.49. The third-order valence-electron chi connectivity index (χ3n) is 5.75. The average Bonchev–Trinajstić information content (AvgIpc) is 3.15. The molecule has 1 aliphatic carbocycles. The van der Waals surface area contributed by atoms with Gasteiger partial charge in [-0.15, -0.1) is 0 Å². The number of carbonyl (C=O) groups excluding carboxylic acids is 1. The van der Waals surface area contributed by atoms with E-state index in [2.05, 4.69) is 52.8 Å². The van der Waals surface area contributed by atoms with Crippen molar-refractivity contribution in [3.05, 3.63) is 35.9 Å². The Balaban J connectivity index is 1.54. The summed E-state index contributed by atoms with van der Waals surface area (Å²) in [7, 11) is 1.88. The molecule has 4 nitrogen and oxygen atoms in total. The van der Waals surface area contributed by atoms with Gasteiger partial charge in [-0.3, -0.25) is 9.69 Å². The van der Waals surface area contributed by atoms with Crippen molar-refractivity contribution in [1.82, 2.24) is 15.5 Å². The number of nitrogens with one attached hydrogen (secondary N) is 2. The highest BCUT2D eigenvalue weighted by molar-refractivity contribution is 5.82. The normalized spacial score (nSPS) is 27.8. The molecule has 24 heavy (non-hydrogen) atoms. The van der Waals surface area contributed by atoms with Crippen molar-refractivity contribution in [3.8, 4) is 0 Å². The van der Waals surface area contributed by atoms with Gasteiger partial charge in [-0.2, -0.15) is 0 Å². The van der Waals surface area contributed by atoms with E-state index in [1.54, 1.807) is 0 Å². The number of amides is 1. The minimum atomic E-state index is -0.0455. The molecule has 1 aliphatic heterocycles. The second kappa shape index (κ2) is 8.13. The second-order valence-corrected chi connectivity index (χ2v) is 7.43. The standard InChI is InChI=1S/C20H31N3O/c1-3-7-19(21-2)20(24)22-18-11-10-16-13-23(14-17(16)18)12-15-8-5-4-6-9-15/h4-6,8-9,16-19,21H,3,7,10-14H2,1-2H3,(H,22,24)/t16-,17+,18+,19-/m0/s1. The molecule has 1 heterocycles. The van der Waals surface area contributed by atoms with E-state index >= 15 is 0 Å². The van der Waals surface area contributed by atoms with E-state index in [0.717, 1.165) is 38.3 Å². The van der Waals surface area contributed by atoms with Gasteiger partial charge in [0.2, 0.25) is 5.91 Å². The number of fused-ring (bicyclic) bond motifs is 1. The Morgan fingerprint density at radius 2 is 2.04 bits per heavy atom. The Kier molecular flexibility index (Phi) is 5.90. The summed E-state index contributed by atoms with van der Waals surface area (Å²) in [5.74, 6) is 1.56. The van der Waals surface area contributed by atoms with Crippen LogP contribution in [-0.2, 0) is 11.3 Å². The number of benzene rings is 1. The van der Waals surface area contributed by atoms with Crippen LogP contribution in [0.15, 0.2) is 30.3 Å². The van der Waals surface area contributed by atoms with E-state index in [9.17, 15) is 4.79 Å². The van der Waals surface area contributed by atoms with Crippen molar-refractivity contribution in [2.75, 3.05) is 20.1 Å². The van der Waals surface area contributed by atoms with E-state index in [0.29, 0.717) is 12.0 Å². The molecule has 1 amide bonds. The monoisotopic (exact) mass is 329 g/mol. The molecule has 0 unspecified atom stereocenters. The van der Waals surface area contributed by atoms with E-state index in [4.69, 9.17) is 0 Å². The topological polar surface area (TPSA) is 44.4 Å². The lowest BCUT2D eigenvalue weighted by Gasteiger charge is -2.24. The highest BCUT2D eigenvalue weighted by atomic mass is 16.2. The summed E-state index contributed by atoms with van der Waals surface area (Å²) >= 11 is 0. The van der Waals surface area contributed by atoms with Crippen molar-refractivity contribution in [1.29, 1.82) is 0 Å². The molecular formula is C20H31N3O. The molecule has 3 rings (SSSR count). The van der Waals surface area contributed by atoms with Crippen LogP contribution in [0.25, 0.3) is 0 Å². The number of nitrogens with zero attached hydrogens (tertiary/aromatic N) is 1. The van der Waals surface area contributed by atoms with Crippen molar-refractivity contribution in [2.24, 2.45) is 11.8 Å². The summed E-state index contributed by atoms with van der Waals surface area (Å²) in [6, 6.07) is 11.0. The third-order valence-corrected chi connectivity index (χ3v) is 5.75. The van der Waals surface area contributed by atoms with Crippen LogP contribution < -0.4 is 10.6 Å². The Bertz CT molecular complexity index is 533. The summed E-state index contributed by atoms with van der Waals surface area (Å²) < 4.78 is 0. The van der Waals surface area contributed by atoms with Crippen LogP contribution >= 0.6 is 0 Å². The van der Waals surface area contributed by atoms with Crippen LogP contribution in [0, 0.1) is 11.8 Å². The minimum Gasteiger partial charge on any atom is -0.352 e. The number of likely N-dealkylation sites (N-methyl/N-ethyl adjacent to an activating group) is 1. The zero-order valence-corrected chi connectivity index (χ0v) is 15.0. The van der Waals surface area contributed by atoms with Crippen molar-refractivity contribution >= 4 is 5.91 Å². The maximum atomic E-state index is 12.5. The van der Waals surface area contributed by atoms with Gasteiger partial charge in [-0.25, -0.2) is 0 Å². The van der Waals surface area contributed by atoms with Gasteiger partial charge in [-0.05, 0) is 43.7 Å². The maximum absolute atomic E-state index is 12.5. The van der Waals surface area contributed by atoms with Gasteiger partial charge in [0.25, 0.3) is 0 Å². The molecule has 0 radical (unpaired) electrons. The van der Waals surface area contributed by atoms with E-state index in [1.807, 2.05) is 7.05 Å². The Morgan fingerprint density at radius 1 is 1.25 bits per heavy atom. The number of likely N-dealkylation sites (tertiary alicyclic amines) is 1. The first kappa shape index (κ1) is 17.4. The fraction of sp³-hybridized carbons (Fsp3) is 0.650.